The Hall–Kier alpha value is 1.60. The van der Waals surface area contributed by atoms with Crippen molar-refractivity contribution in [3.63, 3.8) is 0 Å². The van der Waals surface area contributed by atoms with E-state index in [4.69, 9.17) is 22.9 Å². The number of hydrogen-bond acceptors (Lipinski definition) is 10. The molecule has 0 radical (unpaired) electrons. The Kier molecular flexibility index (Phi) is 13.0. The smallest absolute Gasteiger partial charge is 0.719 e. The van der Waals surface area contributed by atoms with Crippen LogP contribution in [0.2, 0.25) is 0 Å². The van der Waals surface area contributed by atoms with Crippen LogP contribution < -0.4 is 92.6 Å². The Labute approximate surface area is 123 Å². The first kappa shape index (κ1) is 20.9. The molecule has 0 atom stereocenters. The van der Waals surface area contributed by atoms with Crippen molar-refractivity contribution in [3.8, 4) is 0 Å². The Balaban J connectivity index is -0.000000605. The van der Waals surface area contributed by atoms with Crippen molar-refractivity contribution in [1.82, 2.24) is 0 Å². The van der Waals surface area contributed by atoms with Gasteiger partial charge in [0.15, 0.2) is 0 Å². The molecule has 0 fully saturated rings. The first-order chi connectivity index (χ1) is 5.33. The summed E-state index contributed by atoms with van der Waals surface area (Å²) in [6, 6.07) is -5.22. The van der Waals surface area contributed by atoms with Crippen LogP contribution >= 0.6 is 0 Å². The van der Waals surface area contributed by atoms with Gasteiger partial charge in [0, 0.05) is 0 Å². The van der Waals surface area contributed by atoms with Crippen molar-refractivity contribution < 1.29 is 89.2 Å². The van der Waals surface area contributed by atoms with Gasteiger partial charge in [-0.05, 0) is 0 Å². The van der Waals surface area contributed by atoms with Crippen LogP contribution in [0.5, 0.6) is 0 Å². The van der Waals surface area contributed by atoms with E-state index in [0.29, 0.717) is 0 Å². The normalized spacial score (nSPS) is 11.6. The molecule has 0 aliphatic heterocycles. The zero-order chi connectivity index (χ0) is 9.83. The molecule has 0 spiro atoms. The molecular formula is C2H8N4Na2O6. The van der Waals surface area contributed by atoms with E-state index in [-0.39, 0.29) is 59.1 Å². The fraction of sp³-hybridized carbons (Fsp3) is 1.00. The Morgan fingerprint density at radius 2 is 0.929 bits per heavy atom. The van der Waals surface area contributed by atoms with Crippen LogP contribution in [-0.4, -0.2) is 12.1 Å². The minimum atomic E-state index is -2.61. The third kappa shape index (κ3) is 10.1. The van der Waals surface area contributed by atoms with Gasteiger partial charge in [0.1, 0.15) is 0 Å². The monoisotopic (exact) mass is 230 g/mol. The van der Waals surface area contributed by atoms with E-state index in [1.54, 1.807) is 0 Å². The van der Waals surface area contributed by atoms with E-state index in [2.05, 4.69) is 19.6 Å². The molecule has 12 heteroatoms. The molecule has 0 saturated carbocycles. The third-order valence-electron chi connectivity index (χ3n) is 0.563. The van der Waals surface area contributed by atoms with Crippen molar-refractivity contribution >= 4 is 0 Å². The molecule has 0 amide bonds. The molecule has 74 valence electrons. The maximum Gasteiger partial charge on any atom is 1.00 e. The van der Waals surface area contributed by atoms with Gasteiger partial charge >= 0.3 is 71.2 Å². The molecule has 0 heterocycles. The van der Waals surface area contributed by atoms with Crippen LogP contribution in [-0.2, 0) is 19.6 Å². The molecule has 0 unspecified atom stereocenters. The fourth-order valence-corrected chi connectivity index (χ4v) is 0.158. The van der Waals surface area contributed by atoms with Gasteiger partial charge in [0.05, 0.1) is 0 Å². The second kappa shape index (κ2) is 8.72. The van der Waals surface area contributed by atoms with Gasteiger partial charge in [-0.3, -0.25) is 22.9 Å². The maximum absolute atomic E-state index is 9.60. The number of hydrogen-bond donors (Lipinski definition) is 4. The molecule has 0 aliphatic rings. The van der Waals surface area contributed by atoms with E-state index in [1.165, 1.54) is 0 Å². The van der Waals surface area contributed by atoms with Crippen molar-refractivity contribution in [2.45, 2.75) is 12.1 Å². The summed E-state index contributed by atoms with van der Waals surface area (Å²) in [6.45, 7) is 0. The molecule has 0 aromatic rings. The average molecular weight is 230 g/mol. The largest absolute Gasteiger partial charge is 1.00 e. The predicted molar refractivity (Wildman–Crippen MR) is 26.6 cm³/mol. The molecule has 0 aromatic heterocycles. The molecular weight excluding hydrogens is 222 g/mol. The second-order valence-electron chi connectivity index (χ2n) is 1.78. The first-order valence-electron chi connectivity index (χ1n) is 2.47. The Bertz CT molecular complexity index is 130. The average Bonchev–Trinajstić information content (AvgIpc) is 2.02. The number of nitrogens with two attached hydrogens (primary N) is 4. The summed E-state index contributed by atoms with van der Waals surface area (Å²) in [5.41, 5.74) is 18.8. The minimum absolute atomic E-state index is 0. The fourth-order valence-electron chi connectivity index (χ4n) is 0.158. The summed E-state index contributed by atoms with van der Waals surface area (Å²) < 4.78 is 0. The Morgan fingerprint density at radius 1 is 0.714 bits per heavy atom. The van der Waals surface area contributed by atoms with Gasteiger partial charge in [-0.25, -0.2) is 0 Å². The summed E-state index contributed by atoms with van der Waals surface area (Å²) >= 11 is 0. The van der Waals surface area contributed by atoms with Gasteiger partial charge in [0.25, 0.3) is 0 Å². The zero-order valence-electron chi connectivity index (χ0n) is 7.76. The molecule has 8 N–H and O–H groups in total. The van der Waals surface area contributed by atoms with E-state index in [1.807, 2.05) is 0 Å². The van der Waals surface area contributed by atoms with Crippen LogP contribution in [0.4, 0.5) is 0 Å². The standard InChI is InChI=1S/C2H10N4O6.2Na/c3-1(4,9-7)11-12-2(5,6)10-8;;/h7-8H,3-6H2;;/q;2*+1/p-2. The molecule has 0 aromatic carbocycles. The van der Waals surface area contributed by atoms with Gasteiger partial charge < -0.3 is 20.3 Å². The topological polar surface area (TPSA) is 187 Å². The summed E-state index contributed by atoms with van der Waals surface area (Å²) in [7, 11) is 0. The van der Waals surface area contributed by atoms with Gasteiger partial charge in [-0.2, -0.15) is 9.78 Å². The van der Waals surface area contributed by atoms with Crippen molar-refractivity contribution in [2.24, 2.45) is 22.9 Å². The van der Waals surface area contributed by atoms with Crippen molar-refractivity contribution in [2.75, 3.05) is 0 Å². The van der Waals surface area contributed by atoms with E-state index in [0.717, 1.165) is 0 Å². The van der Waals surface area contributed by atoms with Gasteiger partial charge in [0.2, 0.25) is 0 Å². The zero-order valence-corrected chi connectivity index (χ0v) is 11.8. The Morgan fingerprint density at radius 3 is 1.07 bits per heavy atom. The van der Waals surface area contributed by atoms with Crippen LogP contribution in [0.15, 0.2) is 0 Å². The van der Waals surface area contributed by atoms with Crippen LogP contribution in [0.25, 0.3) is 0 Å². The molecule has 0 aliphatic carbocycles. The number of rotatable bonds is 5. The maximum atomic E-state index is 9.60. The molecule has 10 nitrogen and oxygen atoms in total. The molecule has 0 rings (SSSR count). The van der Waals surface area contributed by atoms with E-state index < -0.39 is 12.1 Å². The van der Waals surface area contributed by atoms with E-state index >= 15 is 0 Å². The SMILES string of the molecule is NC(N)(O[O-])OOC(N)(N)O[O-].[Na+].[Na+]. The summed E-state index contributed by atoms with van der Waals surface area (Å²) in [5, 5.41) is 19.2. The predicted octanol–water partition coefficient (Wildman–Crippen LogP) is -11.4. The molecule has 14 heavy (non-hydrogen) atoms. The minimum Gasteiger partial charge on any atom is -0.719 e. The van der Waals surface area contributed by atoms with Crippen LogP contribution in [0.3, 0.4) is 0 Å². The molecule has 0 bridgehead atoms. The van der Waals surface area contributed by atoms with Crippen LogP contribution in [0.1, 0.15) is 0 Å². The quantitative estimate of drug-likeness (QED) is 0.153. The molecule has 0 saturated heterocycles. The van der Waals surface area contributed by atoms with Gasteiger partial charge in [-0.1, -0.05) is 0 Å². The summed E-state index contributed by atoms with van der Waals surface area (Å²) in [6.07, 6.45) is 0. The van der Waals surface area contributed by atoms with Gasteiger partial charge in [-0.15, -0.1) is 0 Å². The van der Waals surface area contributed by atoms with Crippen LogP contribution in [0, 0.1) is 0 Å². The van der Waals surface area contributed by atoms with E-state index in [9.17, 15) is 10.5 Å². The second-order valence-corrected chi connectivity index (χ2v) is 1.78. The first-order valence-corrected chi connectivity index (χ1v) is 2.47. The van der Waals surface area contributed by atoms with Crippen molar-refractivity contribution in [1.29, 1.82) is 0 Å². The van der Waals surface area contributed by atoms with Crippen molar-refractivity contribution in [3.05, 3.63) is 0 Å². The third-order valence-corrected chi connectivity index (χ3v) is 0.563. The summed E-state index contributed by atoms with van der Waals surface area (Å²) in [5.74, 6) is 0. The summed E-state index contributed by atoms with van der Waals surface area (Å²) in [4.78, 5) is 13.7.